The molecule has 3 nitrogen and oxygen atoms in total. The Morgan fingerprint density at radius 2 is 1.70 bits per heavy atom. The smallest absolute Gasteiger partial charge is 0.187 e. The summed E-state index contributed by atoms with van der Waals surface area (Å²) in [7, 11) is 0. The van der Waals surface area contributed by atoms with E-state index in [1.807, 2.05) is 0 Å². The molecular formula is C16H21N3S. The fraction of sp³-hybridized carbons (Fsp3) is 0.500. The Kier molecular flexibility index (Phi) is 4.31. The van der Waals surface area contributed by atoms with Crippen LogP contribution in [0.4, 0.5) is 0 Å². The lowest BCUT2D eigenvalue weighted by atomic mass is 9.96. The molecule has 20 heavy (non-hydrogen) atoms. The normalized spacial score (nSPS) is 18.5. The lowest BCUT2D eigenvalue weighted by Gasteiger charge is -2.23. The number of hydrogen-bond donors (Lipinski definition) is 2. The summed E-state index contributed by atoms with van der Waals surface area (Å²) >= 11 is 5.33. The number of nitrogens with zero attached hydrogens (tertiary/aromatic N) is 1. The number of rotatable bonds is 2. The summed E-state index contributed by atoms with van der Waals surface area (Å²) < 4.78 is 0. The highest BCUT2D eigenvalue weighted by Gasteiger charge is 2.17. The molecule has 1 fully saturated rings. The molecule has 0 aromatic heterocycles. The minimum atomic E-state index is 0.532. The van der Waals surface area contributed by atoms with Crippen LogP contribution in [-0.4, -0.2) is 16.9 Å². The van der Waals surface area contributed by atoms with Crippen molar-refractivity contribution >= 4 is 23.0 Å². The van der Waals surface area contributed by atoms with Crippen molar-refractivity contribution in [3.8, 4) is 0 Å². The molecule has 0 atom stereocenters. The van der Waals surface area contributed by atoms with Crippen LogP contribution in [0.15, 0.2) is 29.4 Å². The van der Waals surface area contributed by atoms with E-state index in [0.717, 1.165) is 12.8 Å². The van der Waals surface area contributed by atoms with Crippen LogP contribution in [0.3, 0.4) is 0 Å². The van der Waals surface area contributed by atoms with E-state index in [4.69, 9.17) is 12.2 Å². The SMILES string of the molecule is S=C(NN=C1Cc2ccccc2C1)NC1CCCCC1. The maximum Gasteiger partial charge on any atom is 0.187 e. The van der Waals surface area contributed by atoms with Gasteiger partial charge in [-0.3, -0.25) is 5.43 Å². The van der Waals surface area contributed by atoms with Gasteiger partial charge in [0.1, 0.15) is 0 Å². The zero-order valence-corrected chi connectivity index (χ0v) is 12.5. The van der Waals surface area contributed by atoms with Crippen molar-refractivity contribution < 1.29 is 0 Å². The van der Waals surface area contributed by atoms with Crippen LogP contribution in [0.5, 0.6) is 0 Å². The molecule has 0 unspecified atom stereocenters. The van der Waals surface area contributed by atoms with Crippen molar-refractivity contribution in [2.75, 3.05) is 0 Å². The van der Waals surface area contributed by atoms with Crippen LogP contribution in [-0.2, 0) is 12.8 Å². The van der Waals surface area contributed by atoms with Crippen molar-refractivity contribution in [3.05, 3.63) is 35.4 Å². The largest absolute Gasteiger partial charge is 0.359 e. The van der Waals surface area contributed by atoms with Gasteiger partial charge >= 0.3 is 0 Å². The van der Waals surface area contributed by atoms with Crippen LogP contribution in [0, 0.1) is 0 Å². The van der Waals surface area contributed by atoms with Gasteiger partial charge in [-0.05, 0) is 36.2 Å². The molecule has 0 spiro atoms. The third-order valence-electron chi connectivity index (χ3n) is 4.16. The van der Waals surface area contributed by atoms with Gasteiger partial charge in [0, 0.05) is 24.6 Å². The lowest BCUT2D eigenvalue weighted by Crippen LogP contribution is -2.41. The monoisotopic (exact) mass is 287 g/mol. The molecule has 0 heterocycles. The number of thiocarbonyl (C=S) groups is 1. The fourth-order valence-corrected chi connectivity index (χ4v) is 3.29. The van der Waals surface area contributed by atoms with Crippen LogP contribution >= 0.6 is 12.2 Å². The van der Waals surface area contributed by atoms with Crippen molar-refractivity contribution in [1.29, 1.82) is 0 Å². The topological polar surface area (TPSA) is 36.4 Å². The molecule has 3 rings (SSSR count). The van der Waals surface area contributed by atoms with E-state index < -0.39 is 0 Å². The Labute approximate surface area is 125 Å². The Morgan fingerprint density at radius 3 is 2.35 bits per heavy atom. The first-order valence-electron chi connectivity index (χ1n) is 7.50. The molecule has 0 amide bonds. The van der Waals surface area contributed by atoms with Crippen LogP contribution in [0.2, 0.25) is 0 Å². The minimum Gasteiger partial charge on any atom is -0.359 e. The van der Waals surface area contributed by atoms with Gasteiger partial charge in [0.05, 0.1) is 0 Å². The number of hydrogen-bond acceptors (Lipinski definition) is 2. The van der Waals surface area contributed by atoms with E-state index in [1.165, 1.54) is 48.9 Å². The highest BCUT2D eigenvalue weighted by molar-refractivity contribution is 7.80. The second-order valence-electron chi connectivity index (χ2n) is 5.72. The van der Waals surface area contributed by atoms with E-state index >= 15 is 0 Å². The highest BCUT2D eigenvalue weighted by Crippen LogP contribution is 2.19. The van der Waals surface area contributed by atoms with Crippen molar-refractivity contribution in [1.82, 2.24) is 10.7 Å². The standard InChI is InChI=1S/C16H21N3S/c20-16(17-14-8-2-1-3-9-14)19-18-15-10-12-6-4-5-7-13(12)11-15/h4-7,14H,1-3,8-11H2,(H2,17,19,20). The molecule has 1 aromatic rings. The number of benzene rings is 1. The van der Waals surface area contributed by atoms with E-state index in [2.05, 4.69) is 40.1 Å². The van der Waals surface area contributed by atoms with Crippen molar-refractivity contribution in [2.45, 2.75) is 51.0 Å². The second kappa shape index (κ2) is 6.35. The van der Waals surface area contributed by atoms with Gasteiger partial charge in [0.2, 0.25) is 0 Å². The molecular weight excluding hydrogens is 266 g/mol. The van der Waals surface area contributed by atoms with E-state index in [-0.39, 0.29) is 0 Å². The summed E-state index contributed by atoms with van der Waals surface area (Å²) in [6.45, 7) is 0. The summed E-state index contributed by atoms with van der Waals surface area (Å²) in [5.41, 5.74) is 6.96. The molecule has 106 valence electrons. The number of nitrogens with one attached hydrogen (secondary N) is 2. The Balaban J connectivity index is 1.50. The van der Waals surface area contributed by atoms with Crippen molar-refractivity contribution in [3.63, 3.8) is 0 Å². The summed E-state index contributed by atoms with van der Waals surface area (Å²) in [5, 5.41) is 8.51. The minimum absolute atomic E-state index is 0.532. The van der Waals surface area contributed by atoms with Gasteiger partial charge in [0.15, 0.2) is 5.11 Å². The summed E-state index contributed by atoms with van der Waals surface area (Å²) in [4.78, 5) is 0. The maximum atomic E-state index is 5.33. The Morgan fingerprint density at radius 1 is 1.05 bits per heavy atom. The predicted octanol–water partition coefficient (Wildman–Crippen LogP) is 2.94. The third kappa shape index (κ3) is 3.37. The van der Waals surface area contributed by atoms with E-state index in [1.54, 1.807) is 0 Å². The average molecular weight is 287 g/mol. The molecule has 2 aliphatic rings. The molecule has 1 saturated carbocycles. The summed E-state index contributed by atoms with van der Waals surface area (Å²) in [5.74, 6) is 0. The molecule has 2 N–H and O–H groups in total. The van der Waals surface area contributed by atoms with Crippen LogP contribution < -0.4 is 10.7 Å². The predicted molar refractivity (Wildman–Crippen MR) is 87.0 cm³/mol. The molecule has 4 heteroatoms. The van der Waals surface area contributed by atoms with Gasteiger partial charge in [-0.25, -0.2) is 0 Å². The number of fused-ring (bicyclic) bond motifs is 1. The zero-order chi connectivity index (χ0) is 13.8. The average Bonchev–Trinajstić information content (AvgIpc) is 2.89. The first-order chi connectivity index (χ1) is 9.81. The Hall–Kier alpha value is -1.42. The van der Waals surface area contributed by atoms with Crippen LogP contribution in [0.25, 0.3) is 0 Å². The maximum absolute atomic E-state index is 5.33. The summed E-state index contributed by atoms with van der Waals surface area (Å²) in [6.07, 6.45) is 8.31. The third-order valence-corrected chi connectivity index (χ3v) is 4.37. The van der Waals surface area contributed by atoms with Gasteiger partial charge < -0.3 is 5.32 Å². The van der Waals surface area contributed by atoms with Gasteiger partial charge in [-0.1, -0.05) is 43.5 Å². The lowest BCUT2D eigenvalue weighted by molar-refractivity contribution is 0.412. The molecule has 0 aliphatic heterocycles. The van der Waals surface area contributed by atoms with Crippen LogP contribution in [0.1, 0.15) is 43.2 Å². The molecule has 0 radical (unpaired) electrons. The zero-order valence-electron chi connectivity index (χ0n) is 11.7. The quantitative estimate of drug-likeness (QED) is 0.648. The van der Waals surface area contributed by atoms with Crippen molar-refractivity contribution in [2.24, 2.45) is 5.10 Å². The van der Waals surface area contributed by atoms with E-state index in [9.17, 15) is 0 Å². The van der Waals surface area contributed by atoms with E-state index in [0.29, 0.717) is 11.2 Å². The highest BCUT2D eigenvalue weighted by atomic mass is 32.1. The molecule has 2 aliphatic carbocycles. The fourth-order valence-electron chi connectivity index (χ4n) is 3.08. The molecule has 0 saturated heterocycles. The van der Waals surface area contributed by atoms with Gasteiger partial charge in [-0.15, -0.1) is 0 Å². The first-order valence-corrected chi connectivity index (χ1v) is 7.91. The molecule has 1 aromatic carbocycles. The number of hydrazone groups is 1. The van der Waals surface area contributed by atoms with Gasteiger partial charge in [0.25, 0.3) is 0 Å². The summed E-state index contributed by atoms with van der Waals surface area (Å²) in [6, 6.07) is 9.06. The van der Waals surface area contributed by atoms with Gasteiger partial charge in [-0.2, -0.15) is 5.10 Å². The second-order valence-corrected chi connectivity index (χ2v) is 6.13. The molecule has 0 bridgehead atoms. The first kappa shape index (κ1) is 13.6. The Bertz CT molecular complexity index is 491.